The van der Waals surface area contributed by atoms with Crippen LogP contribution in [-0.4, -0.2) is 22.9 Å². The van der Waals surface area contributed by atoms with E-state index in [0.717, 1.165) is 27.9 Å². The molecule has 1 aromatic heterocycles. The van der Waals surface area contributed by atoms with E-state index in [1.165, 1.54) is 11.3 Å². The molecule has 0 saturated heterocycles. The number of aromatic nitrogens is 1. The largest absolute Gasteiger partial charge is 0.461 e. The van der Waals surface area contributed by atoms with Crippen molar-refractivity contribution in [1.29, 1.82) is 0 Å². The average Bonchev–Trinajstić information content (AvgIpc) is 2.85. The fourth-order valence-electron chi connectivity index (χ4n) is 1.71. The molecule has 0 saturated carbocycles. The van der Waals surface area contributed by atoms with Crippen LogP contribution in [0.15, 0.2) is 30.3 Å². The van der Waals surface area contributed by atoms with Crippen LogP contribution < -0.4 is 0 Å². The van der Waals surface area contributed by atoms with Gasteiger partial charge in [0.15, 0.2) is 0 Å². The van der Waals surface area contributed by atoms with E-state index in [9.17, 15) is 4.79 Å². The Bertz CT molecular complexity index is 554. The zero-order valence-electron chi connectivity index (χ0n) is 10.6. The van der Waals surface area contributed by atoms with E-state index in [1.807, 2.05) is 30.3 Å². The minimum Gasteiger partial charge on any atom is -0.461 e. The Morgan fingerprint density at radius 3 is 2.74 bits per heavy atom. The first-order chi connectivity index (χ1) is 9.26. The van der Waals surface area contributed by atoms with E-state index < -0.39 is 0 Å². The van der Waals surface area contributed by atoms with Crippen molar-refractivity contribution in [2.75, 3.05) is 11.9 Å². The van der Waals surface area contributed by atoms with Crippen molar-refractivity contribution in [2.24, 2.45) is 0 Å². The van der Waals surface area contributed by atoms with Crippen LogP contribution in [0.3, 0.4) is 0 Å². The molecule has 0 aliphatic rings. The molecule has 19 heavy (non-hydrogen) atoms. The second-order valence-corrected chi connectivity index (χ2v) is 5.69. The molecule has 1 heterocycles. The Morgan fingerprint density at radius 1 is 1.37 bits per heavy atom. The molecule has 0 fully saturated rings. The summed E-state index contributed by atoms with van der Waals surface area (Å²) in [4.78, 5) is 17.3. The van der Waals surface area contributed by atoms with E-state index in [1.54, 1.807) is 6.92 Å². The van der Waals surface area contributed by atoms with Gasteiger partial charge in [-0.25, -0.2) is 9.78 Å². The highest BCUT2D eigenvalue weighted by Crippen LogP contribution is 2.29. The van der Waals surface area contributed by atoms with Gasteiger partial charge in [-0.15, -0.1) is 11.3 Å². The second-order valence-electron chi connectivity index (χ2n) is 3.82. The minimum absolute atomic E-state index is 0.342. The predicted molar refractivity (Wildman–Crippen MR) is 81.0 cm³/mol. The Morgan fingerprint density at radius 2 is 2.11 bits per heavy atom. The van der Waals surface area contributed by atoms with E-state index in [0.29, 0.717) is 11.6 Å². The number of ether oxygens (including phenoxy) is 1. The number of benzene rings is 1. The molecular weight excluding hydrogens is 326 g/mol. The molecule has 0 bridgehead atoms. The minimum atomic E-state index is -0.342. The third-order valence-electron chi connectivity index (χ3n) is 2.52. The van der Waals surface area contributed by atoms with Crippen molar-refractivity contribution in [3.8, 4) is 11.3 Å². The maximum atomic E-state index is 11.8. The molecule has 100 valence electrons. The monoisotopic (exact) mass is 339 g/mol. The standard InChI is InChI=1S/C14H14BrNO2S/c1-2-18-14(17)13-16-12(11(19-13)8-9-15)10-6-4-3-5-7-10/h3-7H,2,8-9H2,1H3. The van der Waals surface area contributed by atoms with Gasteiger partial charge in [0.25, 0.3) is 0 Å². The number of alkyl halides is 1. The van der Waals surface area contributed by atoms with Crippen LogP contribution in [0.1, 0.15) is 21.6 Å². The van der Waals surface area contributed by atoms with Crippen LogP contribution in [0.4, 0.5) is 0 Å². The molecule has 3 nitrogen and oxygen atoms in total. The Balaban J connectivity index is 2.39. The first kappa shape index (κ1) is 14.2. The molecule has 0 atom stereocenters. The Kier molecular flexibility index (Phi) is 5.10. The fraction of sp³-hybridized carbons (Fsp3) is 0.286. The lowest BCUT2D eigenvalue weighted by atomic mass is 10.1. The number of carbonyl (C=O) groups excluding carboxylic acids is 1. The quantitative estimate of drug-likeness (QED) is 0.612. The number of thiazole rings is 1. The molecule has 2 rings (SSSR count). The molecule has 0 amide bonds. The maximum absolute atomic E-state index is 11.8. The molecule has 0 spiro atoms. The molecule has 0 aliphatic carbocycles. The van der Waals surface area contributed by atoms with Gasteiger partial charge < -0.3 is 4.74 Å². The normalized spacial score (nSPS) is 10.4. The smallest absolute Gasteiger partial charge is 0.367 e. The first-order valence-corrected chi connectivity index (χ1v) is 7.98. The number of halogens is 1. The van der Waals surface area contributed by atoms with Gasteiger partial charge >= 0.3 is 5.97 Å². The van der Waals surface area contributed by atoms with Crippen molar-refractivity contribution in [3.05, 3.63) is 40.2 Å². The molecule has 0 radical (unpaired) electrons. The molecule has 0 aliphatic heterocycles. The van der Waals surface area contributed by atoms with Gasteiger partial charge in [0.05, 0.1) is 12.3 Å². The molecule has 2 aromatic rings. The number of rotatable bonds is 5. The Hall–Kier alpha value is -1.20. The van der Waals surface area contributed by atoms with Gasteiger partial charge in [0.2, 0.25) is 5.01 Å². The van der Waals surface area contributed by atoms with Crippen LogP contribution in [0.25, 0.3) is 11.3 Å². The highest BCUT2D eigenvalue weighted by atomic mass is 79.9. The number of carbonyl (C=O) groups is 1. The summed E-state index contributed by atoms with van der Waals surface area (Å²) in [6, 6.07) is 9.91. The lowest BCUT2D eigenvalue weighted by Gasteiger charge is -1.99. The SMILES string of the molecule is CCOC(=O)c1nc(-c2ccccc2)c(CCBr)s1. The lowest BCUT2D eigenvalue weighted by Crippen LogP contribution is -2.03. The van der Waals surface area contributed by atoms with Crippen LogP contribution in [0.2, 0.25) is 0 Å². The van der Waals surface area contributed by atoms with Crippen molar-refractivity contribution < 1.29 is 9.53 Å². The van der Waals surface area contributed by atoms with Gasteiger partial charge in [-0.05, 0) is 13.3 Å². The van der Waals surface area contributed by atoms with Gasteiger partial charge in [-0.1, -0.05) is 46.3 Å². The summed E-state index contributed by atoms with van der Waals surface area (Å²) in [7, 11) is 0. The summed E-state index contributed by atoms with van der Waals surface area (Å²) in [6.07, 6.45) is 0.849. The summed E-state index contributed by atoms with van der Waals surface area (Å²) in [6.45, 7) is 2.16. The fourth-order valence-corrected chi connectivity index (χ4v) is 3.34. The number of nitrogens with zero attached hydrogens (tertiary/aromatic N) is 1. The summed E-state index contributed by atoms with van der Waals surface area (Å²) in [5, 5.41) is 1.27. The lowest BCUT2D eigenvalue weighted by molar-refractivity contribution is 0.0526. The third kappa shape index (κ3) is 3.42. The average molecular weight is 340 g/mol. The van der Waals surface area contributed by atoms with Gasteiger partial charge in [-0.3, -0.25) is 0 Å². The number of esters is 1. The number of hydrogen-bond donors (Lipinski definition) is 0. The van der Waals surface area contributed by atoms with E-state index >= 15 is 0 Å². The van der Waals surface area contributed by atoms with Crippen molar-refractivity contribution >= 4 is 33.2 Å². The van der Waals surface area contributed by atoms with Gasteiger partial charge in [0.1, 0.15) is 0 Å². The highest BCUT2D eigenvalue weighted by molar-refractivity contribution is 9.09. The molecule has 0 N–H and O–H groups in total. The van der Waals surface area contributed by atoms with Crippen LogP contribution in [0.5, 0.6) is 0 Å². The van der Waals surface area contributed by atoms with Crippen molar-refractivity contribution in [2.45, 2.75) is 13.3 Å². The van der Waals surface area contributed by atoms with E-state index in [4.69, 9.17) is 4.74 Å². The van der Waals surface area contributed by atoms with Gasteiger partial charge in [-0.2, -0.15) is 0 Å². The molecule has 0 unspecified atom stereocenters. The van der Waals surface area contributed by atoms with E-state index in [2.05, 4.69) is 20.9 Å². The topological polar surface area (TPSA) is 39.2 Å². The molecule has 1 aromatic carbocycles. The Labute approximate surface area is 124 Å². The molecular formula is C14H14BrNO2S. The van der Waals surface area contributed by atoms with Crippen LogP contribution >= 0.6 is 27.3 Å². The van der Waals surface area contributed by atoms with E-state index in [-0.39, 0.29) is 5.97 Å². The van der Waals surface area contributed by atoms with Crippen LogP contribution in [-0.2, 0) is 11.2 Å². The third-order valence-corrected chi connectivity index (χ3v) is 4.01. The second kappa shape index (κ2) is 6.82. The highest BCUT2D eigenvalue weighted by Gasteiger charge is 2.18. The maximum Gasteiger partial charge on any atom is 0.367 e. The van der Waals surface area contributed by atoms with Crippen molar-refractivity contribution in [3.63, 3.8) is 0 Å². The number of hydrogen-bond acceptors (Lipinski definition) is 4. The zero-order valence-corrected chi connectivity index (χ0v) is 13.0. The molecule has 5 heteroatoms. The summed E-state index contributed by atoms with van der Waals surface area (Å²) in [5.74, 6) is -0.342. The van der Waals surface area contributed by atoms with Crippen molar-refractivity contribution in [1.82, 2.24) is 4.98 Å². The summed E-state index contributed by atoms with van der Waals surface area (Å²) in [5.41, 5.74) is 1.92. The predicted octanol–water partition coefficient (Wildman–Crippen LogP) is 3.92. The summed E-state index contributed by atoms with van der Waals surface area (Å²) >= 11 is 4.84. The zero-order chi connectivity index (χ0) is 13.7. The number of aryl methyl sites for hydroxylation is 1. The first-order valence-electron chi connectivity index (χ1n) is 6.04. The van der Waals surface area contributed by atoms with Crippen LogP contribution in [0, 0.1) is 0 Å². The van der Waals surface area contributed by atoms with Gasteiger partial charge in [0, 0.05) is 15.8 Å². The summed E-state index contributed by atoms with van der Waals surface area (Å²) < 4.78 is 5.01.